The molecular weight excluding hydrogens is 400 g/mol. The summed E-state index contributed by atoms with van der Waals surface area (Å²) < 4.78 is 12.2. The SMILES string of the molecule is CCOC(=O)C=c1sc(=Cc2cccs2)c(=O)n1CC(=O)NCc1ccco1. The van der Waals surface area contributed by atoms with E-state index in [1.807, 2.05) is 17.5 Å². The third kappa shape index (κ3) is 5.08. The molecule has 0 atom stereocenters. The minimum Gasteiger partial charge on any atom is -0.467 e. The van der Waals surface area contributed by atoms with Gasteiger partial charge in [-0.3, -0.25) is 14.2 Å². The maximum absolute atomic E-state index is 12.8. The molecule has 28 heavy (non-hydrogen) atoms. The molecule has 1 N–H and O–H groups in total. The molecule has 0 saturated carbocycles. The van der Waals surface area contributed by atoms with E-state index < -0.39 is 5.97 Å². The minimum absolute atomic E-state index is 0.209. The van der Waals surface area contributed by atoms with Gasteiger partial charge in [-0.2, -0.15) is 0 Å². The maximum atomic E-state index is 12.8. The molecule has 1 amide bonds. The Morgan fingerprint density at radius 2 is 2.18 bits per heavy atom. The number of furan rings is 1. The summed E-state index contributed by atoms with van der Waals surface area (Å²) in [6.07, 6.45) is 4.50. The summed E-state index contributed by atoms with van der Waals surface area (Å²) >= 11 is 2.64. The van der Waals surface area contributed by atoms with E-state index in [0.717, 1.165) is 16.2 Å². The van der Waals surface area contributed by atoms with E-state index in [-0.39, 0.29) is 31.2 Å². The van der Waals surface area contributed by atoms with Crippen LogP contribution in [0.25, 0.3) is 12.2 Å². The lowest BCUT2D eigenvalue weighted by atomic mass is 10.4. The second kappa shape index (κ2) is 9.34. The molecule has 0 aliphatic rings. The van der Waals surface area contributed by atoms with Crippen LogP contribution >= 0.6 is 22.7 Å². The molecule has 7 nitrogen and oxygen atoms in total. The van der Waals surface area contributed by atoms with Gasteiger partial charge in [0.1, 0.15) is 17.0 Å². The van der Waals surface area contributed by atoms with Gasteiger partial charge in [-0.05, 0) is 36.6 Å². The Labute approximate surface area is 168 Å². The van der Waals surface area contributed by atoms with Crippen LogP contribution in [0.15, 0.2) is 45.1 Å². The number of nitrogens with one attached hydrogen (secondary N) is 1. The van der Waals surface area contributed by atoms with Crippen molar-refractivity contribution < 1.29 is 18.7 Å². The van der Waals surface area contributed by atoms with E-state index >= 15 is 0 Å². The highest BCUT2D eigenvalue weighted by atomic mass is 32.1. The van der Waals surface area contributed by atoms with Crippen molar-refractivity contribution in [2.45, 2.75) is 20.0 Å². The van der Waals surface area contributed by atoms with Gasteiger partial charge in [-0.15, -0.1) is 22.7 Å². The van der Waals surface area contributed by atoms with Crippen molar-refractivity contribution in [2.24, 2.45) is 0 Å². The summed E-state index contributed by atoms with van der Waals surface area (Å²) in [5.74, 6) is -0.315. The highest BCUT2D eigenvalue weighted by Gasteiger charge is 2.11. The van der Waals surface area contributed by atoms with Crippen molar-refractivity contribution in [3.8, 4) is 0 Å². The van der Waals surface area contributed by atoms with Crippen molar-refractivity contribution in [3.63, 3.8) is 0 Å². The molecular formula is C19H18N2O5S2. The predicted octanol–water partition coefficient (Wildman–Crippen LogP) is 1.05. The fourth-order valence-electron chi connectivity index (χ4n) is 2.38. The van der Waals surface area contributed by atoms with Crippen LogP contribution in [-0.2, 0) is 27.4 Å². The fraction of sp³-hybridized carbons (Fsp3) is 0.211. The first-order valence-electron chi connectivity index (χ1n) is 8.49. The van der Waals surface area contributed by atoms with E-state index in [4.69, 9.17) is 9.15 Å². The molecule has 146 valence electrons. The average Bonchev–Trinajstić information content (AvgIpc) is 3.40. The molecule has 3 aromatic rings. The van der Waals surface area contributed by atoms with Gasteiger partial charge in [0.05, 0.1) is 30.0 Å². The zero-order valence-corrected chi connectivity index (χ0v) is 16.7. The quantitative estimate of drug-likeness (QED) is 0.580. The van der Waals surface area contributed by atoms with Gasteiger partial charge >= 0.3 is 5.97 Å². The molecule has 0 unspecified atom stereocenters. The molecule has 0 bridgehead atoms. The summed E-state index contributed by atoms with van der Waals surface area (Å²) in [5, 5.41) is 4.60. The maximum Gasteiger partial charge on any atom is 0.333 e. The summed E-state index contributed by atoms with van der Waals surface area (Å²) in [6.45, 7) is 1.93. The van der Waals surface area contributed by atoms with Crippen LogP contribution in [0.5, 0.6) is 0 Å². The molecule has 0 saturated heterocycles. The van der Waals surface area contributed by atoms with Crippen molar-refractivity contribution in [2.75, 3.05) is 6.61 Å². The van der Waals surface area contributed by atoms with Crippen LogP contribution in [0, 0.1) is 0 Å². The number of amides is 1. The Morgan fingerprint density at radius 1 is 1.32 bits per heavy atom. The zero-order valence-electron chi connectivity index (χ0n) is 15.0. The standard InChI is InChI=1S/C19H18N2O5S2/c1-2-25-18(23)10-17-21(12-16(22)20-11-13-5-3-7-26-13)19(24)15(28-17)9-14-6-4-8-27-14/h3-10H,2,11-12H2,1H3,(H,20,22). The Morgan fingerprint density at radius 3 is 2.86 bits per heavy atom. The second-order valence-electron chi connectivity index (χ2n) is 5.61. The van der Waals surface area contributed by atoms with Crippen molar-refractivity contribution in [3.05, 3.63) is 66.1 Å². The van der Waals surface area contributed by atoms with Gasteiger partial charge < -0.3 is 14.5 Å². The molecule has 3 aromatic heterocycles. The van der Waals surface area contributed by atoms with Crippen LogP contribution in [0.1, 0.15) is 17.6 Å². The number of carbonyl (C=O) groups is 2. The number of nitrogens with zero attached hydrogens (tertiary/aromatic N) is 1. The normalized spacial score (nSPS) is 12.3. The van der Waals surface area contributed by atoms with Crippen LogP contribution in [0.4, 0.5) is 0 Å². The predicted molar refractivity (Wildman–Crippen MR) is 107 cm³/mol. The molecule has 9 heteroatoms. The van der Waals surface area contributed by atoms with E-state index in [0.29, 0.717) is 15.0 Å². The summed E-state index contributed by atoms with van der Waals surface area (Å²) in [4.78, 5) is 37.9. The van der Waals surface area contributed by atoms with Crippen molar-refractivity contribution in [1.29, 1.82) is 0 Å². The van der Waals surface area contributed by atoms with Gasteiger partial charge in [0, 0.05) is 4.88 Å². The Bertz CT molecular complexity index is 1110. The first-order chi connectivity index (χ1) is 13.6. The molecule has 0 radical (unpaired) electrons. The highest BCUT2D eigenvalue weighted by molar-refractivity contribution is 7.11. The van der Waals surface area contributed by atoms with Crippen LogP contribution in [-0.4, -0.2) is 23.1 Å². The molecule has 0 aliphatic heterocycles. The van der Waals surface area contributed by atoms with Crippen LogP contribution < -0.4 is 20.1 Å². The van der Waals surface area contributed by atoms with Gasteiger partial charge in [0.2, 0.25) is 5.91 Å². The van der Waals surface area contributed by atoms with E-state index in [2.05, 4.69) is 5.32 Å². The van der Waals surface area contributed by atoms with E-state index in [1.165, 1.54) is 28.2 Å². The monoisotopic (exact) mass is 418 g/mol. The Hall–Kier alpha value is -2.91. The second-order valence-corrected chi connectivity index (χ2v) is 7.65. The summed E-state index contributed by atoms with van der Waals surface area (Å²) in [5.41, 5.74) is -0.331. The molecule has 0 fully saturated rings. The topological polar surface area (TPSA) is 90.5 Å². The number of carbonyl (C=O) groups excluding carboxylic acids is 2. The molecule has 3 heterocycles. The fourth-order valence-corrected chi connectivity index (χ4v) is 4.13. The summed E-state index contributed by atoms with van der Waals surface area (Å²) in [7, 11) is 0. The summed E-state index contributed by atoms with van der Waals surface area (Å²) in [6, 6.07) is 7.24. The number of thiazole rings is 1. The molecule has 3 rings (SSSR count). The first-order valence-corrected chi connectivity index (χ1v) is 10.2. The highest BCUT2D eigenvalue weighted by Crippen LogP contribution is 2.08. The molecule has 0 aliphatic carbocycles. The number of aromatic nitrogens is 1. The Kier molecular flexibility index (Phi) is 6.62. The van der Waals surface area contributed by atoms with Crippen LogP contribution in [0.3, 0.4) is 0 Å². The molecule has 0 aromatic carbocycles. The third-order valence-electron chi connectivity index (χ3n) is 3.62. The lowest BCUT2D eigenvalue weighted by Crippen LogP contribution is -2.38. The van der Waals surface area contributed by atoms with Gasteiger partial charge in [0.25, 0.3) is 5.56 Å². The van der Waals surface area contributed by atoms with Gasteiger partial charge in [0.15, 0.2) is 0 Å². The number of hydrogen-bond acceptors (Lipinski definition) is 7. The number of rotatable bonds is 7. The minimum atomic E-state index is -0.559. The largest absolute Gasteiger partial charge is 0.467 e. The lowest BCUT2D eigenvalue weighted by molar-refractivity contribution is -0.135. The van der Waals surface area contributed by atoms with Gasteiger partial charge in [-0.25, -0.2) is 4.79 Å². The van der Waals surface area contributed by atoms with E-state index in [9.17, 15) is 14.4 Å². The first kappa shape index (κ1) is 19.8. The van der Waals surface area contributed by atoms with Crippen molar-refractivity contribution >= 4 is 46.7 Å². The number of ether oxygens (including phenoxy) is 1. The average molecular weight is 418 g/mol. The number of esters is 1. The third-order valence-corrected chi connectivity index (χ3v) is 5.50. The lowest BCUT2D eigenvalue weighted by Gasteiger charge is -2.04. The van der Waals surface area contributed by atoms with E-state index in [1.54, 1.807) is 25.1 Å². The zero-order chi connectivity index (χ0) is 19.9. The smallest absolute Gasteiger partial charge is 0.333 e. The number of thiophene rings is 1. The van der Waals surface area contributed by atoms with Crippen LogP contribution in [0.2, 0.25) is 0 Å². The van der Waals surface area contributed by atoms with Gasteiger partial charge in [-0.1, -0.05) is 6.07 Å². The molecule has 0 spiro atoms. The van der Waals surface area contributed by atoms with Crippen molar-refractivity contribution in [1.82, 2.24) is 9.88 Å². The number of hydrogen-bond donors (Lipinski definition) is 1. The Balaban J connectivity index is 1.91.